The number of amides is 1. The van der Waals surface area contributed by atoms with Gasteiger partial charge in [-0.2, -0.15) is 0 Å². The number of hydrogen-bond donors (Lipinski definition) is 2. The number of rotatable bonds is 9. The molecule has 0 aliphatic carbocycles. The van der Waals surface area contributed by atoms with Crippen LogP contribution >= 0.6 is 11.6 Å². The summed E-state index contributed by atoms with van der Waals surface area (Å²) in [6.07, 6.45) is 3.49. The van der Waals surface area contributed by atoms with Crippen LogP contribution in [-0.4, -0.2) is 55.4 Å². The van der Waals surface area contributed by atoms with E-state index in [1.165, 1.54) is 0 Å². The first kappa shape index (κ1) is 23.6. The van der Waals surface area contributed by atoms with Crippen LogP contribution in [0, 0.1) is 0 Å². The second-order valence-electron chi connectivity index (χ2n) is 8.85. The van der Waals surface area contributed by atoms with E-state index in [0.29, 0.717) is 13.1 Å². The highest BCUT2D eigenvalue weighted by Gasteiger charge is 2.37. The van der Waals surface area contributed by atoms with Crippen molar-refractivity contribution in [3.63, 3.8) is 0 Å². The third-order valence-corrected chi connectivity index (χ3v) is 6.38. The highest BCUT2D eigenvalue weighted by Crippen LogP contribution is 2.32. The summed E-state index contributed by atoms with van der Waals surface area (Å²) in [7, 11) is 0. The summed E-state index contributed by atoms with van der Waals surface area (Å²) in [5.74, 6) is 1.63. The molecule has 0 bridgehead atoms. The Morgan fingerprint density at radius 3 is 2.76 bits per heavy atom. The van der Waals surface area contributed by atoms with Crippen LogP contribution in [0.5, 0.6) is 11.5 Å². The Bertz CT molecular complexity index is 980. The number of nitrogens with one attached hydrogen (secondary N) is 2. The van der Waals surface area contributed by atoms with Crippen LogP contribution in [0.4, 0.5) is 0 Å². The van der Waals surface area contributed by atoms with Crippen LogP contribution in [-0.2, 0) is 11.2 Å². The molecule has 2 aromatic carbocycles. The number of hydrogen-bond acceptors (Lipinski definition) is 5. The van der Waals surface area contributed by atoms with E-state index in [2.05, 4.69) is 29.4 Å². The highest BCUT2D eigenvalue weighted by molar-refractivity contribution is 6.31. The van der Waals surface area contributed by atoms with Crippen molar-refractivity contribution in [3.8, 4) is 11.5 Å². The molecule has 0 radical (unpaired) electrons. The third-order valence-electron chi connectivity index (χ3n) is 6.14. The van der Waals surface area contributed by atoms with E-state index in [-0.39, 0.29) is 30.8 Å². The second-order valence-corrected chi connectivity index (χ2v) is 9.34. The summed E-state index contributed by atoms with van der Waals surface area (Å²) in [6.45, 7) is 6.55. The lowest BCUT2D eigenvalue weighted by Gasteiger charge is -2.27. The van der Waals surface area contributed by atoms with Crippen molar-refractivity contribution in [3.05, 3.63) is 64.7 Å². The molecule has 33 heavy (non-hydrogen) atoms. The van der Waals surface area contributed by atoms with Crippen LogP contribution < -0.4 is 20.1 Å². The average Bonchev–Trinajstić information content (AvgIpc) is 3.45. The van der Waals surface area contributed by atoms with Gasteiger partial charge in [-0.3, -0.25) is 9.69 Å². The van der Waals surface area contributed by atoms with Crippen LogP contribution in [0.25, 0.3) is 6.08 Å². The maximum absolute atomic E-state index is 13.0. The summed E-state index contributed by atoms with van der Waals surface area (Å²) in [5, 5.41) is 7.41. The van der Waals surface area contributed by atoms with Gasteiger partial charge in [0.2, 0.25) is 12.7 Å². The standard InChI is InChI=1S/C26H32ClN3O3/c1-18(2)30-16-22(29-15-21(27)12-19-6-4-3-5-7-19)14-23(30)26(31)28-11-10-20-8-9-24-25(13-20)33-17-32-24/h3-9,12-13,18,22-23,29H,10-11,14-17H2,1-2H3,(H,28,31)/t22-,23+/m1/s1. The lowest BCUT2D eigenvalue weighted by Crippen LogP contribution is -2.46. The number of benzene rings is 2. The molecule has 1 fully saturated rings. The fourth-order valence-electron chi connectivity index (χ4n) is 4.40. The van der Waals surface area contributed by atoms with Gasteiger partial charge in [-0.25, -0.2) is 0 Å². The molecule has 2 aliphatic heterocycles. The number of ether oxygens (including phenoxy) is 2. The molecule has 4 rings (SSSR count). The summed E-state index contributed by atoms with van der Waals surface area (Å²) < 4.78 is 10.8. The van der Waals surface area contributed by atoms with Gasteiger partial charge in [0.25, 0.3) is 0 Å². The van der Waals surface area contributed by atoms with Gasteiger partial charge in [-0.1, -0.05) is 48.0 Å². The van der Waals surface area contributed by atoms with Crippen molar-refractivity contribution < 1.29 is 14.3 Å². The van der Waals surface area contributed by atoms with Crippen LogP contribution in [0.15, 0.2) is 53.6 Å². The number of likely N-dealkylation sites (tertiary alicyclic amines) is 1. The number of fused-ring (bicyclic) bond motifs is 1. The number of carbonyl (C=O) groups is 1. The minimum Gasteiger partial charge on any atom is -0.454 e. The van der Waals surface area contributed by atoms with E-state index in [4.69, 9.17) is 21.1 Å². The first-order chi connectivity index (χ1) is 16.0. The predicted octanol–water partition coefficient (Wildman–Crippen LogP) is 3.79. The van der Waals surface area contributed by atoms with Crippen molar-refractivity contribution in [1.29, 1.82) is 0 Å². The zero-order valence-electron chi connectivity index (χ0n) is 19.2. The maximum Gasteiger partial charge on any atom is 0.237 e. The van der Waals surface area contributed by atoms with Gasteiger partial charge >= 0.3 is 0 Å². The molecule has 1 amide bonds. The Hall–Kier alpha value is -2.54. The van der Waals surface area contributed by atoms with Crippen molar-refractivity contribution in [2.45, 2.75) is 44.8 Å². The Kier molecular flexibility index (Phi) is 7.91. The Balaban J connectivity index is 1.27. The normalized spacial score (nSPS) is 20.4. The zero-order chi connectivity index (χ0) is 23.2. The molecule has 2 N–H and O–H groups in total. The molecule has 0 aromatic heterocycles. The molecule has 176 valence electrons. The Morgan fingerprint density at radius 2 is 1.97 bits per heavy atom. The van der Waals surface area contributed by atoms with E-state index >= 15 is 0 Å². The molecule has 2 aromatic rings. The summed E-state index contributed by atoms with van der Waals surface area (Å²) >= 11 is 6.44. The lowest BCUT2D eigenvalue weighted by atomic mass is 10.1. The van der Waals surface area contributed by atoms with Crippen molar-refractivity contribution in [2.24, 2.45) is 0 Å². The molecule has 0 saturated carbocycles. The quantitative estimate of drug-likeness (QED) is 0.585. The van der Waals surface area contributed by atoms with E-state index in [9.17, 15) is 4.79 Å². The molecule has 0 unspecified atom stereocenters. The van der Waals surface area contributed by atoms with E-state index in [0.717, 1.165) is 47.0 Å². The monoisotopic (exact) mass is 469 g/mol. The molecule has 6 nitrogen and oxygen atoms in total. The van der Waals surface area contributed by atoms with Gasteiger partial charge in [0, 0.05) is 36.8 Å². The van der Waals surface area contributed by atoms with Crippen LogP contribution in [0.1, 0.15) is 31.4 Å². The fourth-order valence-corrected chi connectivity index (χ4v) is 4.61. The first-order valence-electron chi connectivity index (χ1n) is 11.6. The molecular formula is C26H32ClN3O3. The molecule has 2 atom stereocenters. The van der Waals surface area contributed by atoms with Crippen molar-refractivity contribution >= 4 is 23.6 Å². The first-order valence-corrected chi connectivity index (χ1v) is 11.9. The summed E-state index contributed by atoms with van der Waals surface area (Å²) in [4.78, 5) is 15.3. The Labute approximate surface area is 200 Å². The zero-order valence-corrected chi connectivity index (χ0v) is 20.0. The molecule has 7 heteroatoms. The van der Waals surface area contributed by atoms with E-state index < -0.39 is 0 Å². The largest absolute Gasteiger partial charge is 0.454 e. The number of nitrogens with zero attached hydrogens (tertiary/aromatic N) is 1. The molecule has 2 heterocycles. The molecule has 1 saturated heterocycles. The second kappa shape index (κ2) is 11.1. The minimum atomic E-state index is -0.142. The van der Waals surface area contributed by atoms with Crippen LogP contribution in [0.2, 0.25) is 0 Å². The average molecular weight is 470 g/mol. The number of carbonyl (C=O) groups excluding carboxylic acids is 1. The highest BCUT2D eigenvalue weighted by atomic mass is 35.5. The molecular weight excluding hydrogens is 438 g/mol. The number of halogens is 1. The SMILES string of the molecule is CC(C)N1C[C@H](NCC(Cl)=Cc2ccccc2)C[C@H]1C(=O)NCCc1ccc2c(c1)OCO2. The Morgan fingerprint density at radius 1 is 1.18 bits per heavy atom. The van der Waals surface area contributed by atoms with Gasteiger partial charge in [-0.05, 0) is 56.0 Å². The van der Waals surface area contributed by atoms with Gasteiger partial charge in [0.15, 0.2) is 11.5 Å². The smallest absolute Gasteiger partial charge is 0.237 e. The fraction of sp³-hybridized carbons (Fsp3) is 0.423. The summed E-state index contributed by atoms with van der Waals surface area (Å²) in [5.41, 5.74) is 2.20. The lowest BCUT2D eigenvalue weighted by molar-refractivity contribution is -0.126. The van der Waals surface area contributed by atoms with Crippen LogP contribution in [0.3, 0.4) is 0 Å². The minimum absolute atomic E-state index is 0.0830. The van der Waals surface area contributed by atoms with E-state index in [1.807, 2.05) is 54.6 Å². The maximum atomic E-state index is 13.0. The van der Waals surface area contributed by atoms with Gasteiger partial charge in [0.1, 0.15) is 0 Å². The van der Waals surface area contributed by atoms with Gasteiger partial charge in [0.05, 0.1) is 6.04 Å². The van der Waals surface area contributed by atoms with Crippen molar-refractivity contribution in [2.75, 3.05) is 26.4 Å². The summed E-state index contributed by atoms with van der Waals surface area (Å²) in [6, 6.07) is 16.3. The van der Waals surface area contributed by atoms with Gasteiger partial charge in [-0.15, -0.1) is 0 Å². The molecule has 0 spiro atoms. The molecule has 2 aliphatic rings. The van der Waals surface area contributed by atoms with Gasteiger partial charge < -0.3 is 20.1 Å². The van der Waals surface area contributed by atoms with Crippen molar-refractivity contribution in [1.82, 2.24) is 15.5 Å². The predicted molar refractivity (Wildman–Crippen MR) is 132 cm³/mol. The van der Waals surface area contributed by atoms with E-state index in [1.54, 1.807) is 0 Å². The topological polar surface area (TPSA) is 62.8 Å². The third kappa shape index (κ3) is 6.28.